The van der Waals surface area contributed by atoms with Gasteiger partial charge >= 0.3 is 0 Å². The summed E-state index contributed by atoms with van der Waals surface area (Å²) in [5.74, 6) is 0.339. The molecule has 5 nitrogen and oxygen atoms in total. The van der Waals surface area contributed by atoms with Crippen LogP contribution < -0.4 is 10.2 Å². The molecule has 6 heteroatoms. The summed E-state index contributed by atoms with van der Waals surface area (Å²) in [6, 6.07) is 20.1. The second-order valence-corrected chi connectivity index (χ2v) is 7.18. The number of anilines is 1. The molecule has 0 radical (unpaired) electrons. The number of nitrogens with one attached hydrogen (secondary N) is 2. The lowest BCUT2D eigenvalue weighted by atomic mass is 10.1. The number of para-hydroxylation sites is 2. The Hall–Kier alpha value is -2.86. The third-order valence-electron chi connectivity index (χ3n) is 4.98. The third-order valence-corrected chi connectivity index (χ3v) is 5.28. The summed E-state index contributed by atoms with van der Waals surface area (Å²) in [7, 11) is 0. The molecule has 3 aromatic rings. The highest BCUT2D eigenvalue weighted by molar-refractivity contribution is 7.71. The van der Waals surface area contributed by atoms with Crippen molar-refractivity contribution in [2.75, 3.05) is 24.5 Å². The Bertz CT molecular complexity index is 965. The first-order valence-corrected chi connectivity index (χ1v) is 9.57. The van der Waals surface area contributed by atoms with Gasteiger partial charge in [-0.25, -0.2) is 0 Å². The molecule has 4 rings (SSSR count). The molecule has 2 N–H and O–H groups in total. The minimum atomic E-state index is -0.107. The number of hydrogen-bond donors (Lipinski definition) is 2. The molecule has 27 heavy (non-hydrogen) atoms. The molecule has 2 aromatic carbocycles. The number of benzene rings is 2. The lowest BCUT2D eigenvalue weighted by Gasteiger charge is -2.18. The van der Waals surface area contributed by atoms with Crippen molar-refractivity contribution in [2.24, 2.45) is 5.92 Å². The van der Waals surface area contributed by atoms with Gasteiger partial charge in [0.15, 0.2) is 4.77 Å². The average molecular weight is 379 g/mol. The van der Waals surface area contributed by atoms with E-state index in [4.69, 9.17) is 12.2 Å². The predicted molar refractivity (Wildman–Crippen MR) is 110 cm³/mol. The number of aromatic amines is 1. The van der Waals surface area contributed by atoms with E-state index in [1.165, 1.54) is 5.69 Å². The average Bonchev–Trinajstić information content (AvgIpc) is 3.34. The summed E-state index contributed by atoms with van der Waals surface area (Å²) in [6.45, 7) is 2.65. The van der Waals surface area contributed by atoms with E-state index in [1.54, 1.807) is 10.8 Å². The number of rotatable bonds is 5. The molecule has 0 aliphatic carbocycles. The molecule has 1 aliphatic heterocycles. The lowest BCUT2D eigenvalue weighted by Crippen LogP contribution is -2.32. The van der Waals surface area contributed by atoms with Gasteiger partial charge < -0.3 is 15.2 Å². The van der Waals surface area contributed by atoms with Crippen molar-refractivity contribution in [1.82, 2.24) is 14.9 Å². The second kappa shape index (κ2) is 7.80. The number of hydrogen-bond acceptors (Lipinski definition) is 3. The first-order valence-electron chi connectivity index (χ1n) is 9.16. The van der Waals surface area contributed by atoms with Crippen LogP contribution in [-0.4, -0.2) is 35.1 Å². The minimum absolute atomic E-state index is 0.107. The number of amides is 1. The monoisotopic (exact) mass is 378 g/mol. The first kappa shape index (κ1) is 17.5. The highest BCUT2D eigenvalue weighted by atomic mass is 32.1. The Balaban J connectivity index is 1.41. The van der Waals surface area contributed by atoms with Crippen molar-refractivity contribution >= 4 is 23.8 Å². The summed E-state index contributed by atoms with van der Waals surface area (Å²) < 4.78 is 2.29. The van der Waals surface area contributed by atoms with Crippen LogP contribution in [0.5, 0.6) is 0 Å². The van der Waals surface area contributed by atoms with Gasteiger partial charge in [-0.1, -0.05) is 36.4 Å². The second-order valence-electron chi connectivity index (χ2n) is 6.80. The Morgan fingerprint density at radius 1 is 1.07 bits per heavy atom. The molecule has 1 aliphatic rings. The molecule has 138 valence electrons. The summed E-state index contributed by atoms with van der Waals surface area (Å²) in [5.41, 5.74) is 2.66. The summed E-state index contributed by atoms with van der Waals surface area (Å²) in [6.07, 6.45) is 2.75. The molecule has 1 amide bonds. The van der Waals surface area contributed by atoms with Crippen molar-refractivity contribution in [3.63, 3.8) is 0 Å². The van der Waals surface area contributed by atoms with E-state index in [1.807, 2.05) is 36.4 Å². The Morgan fingerprint density at radius 2 is 1.74 bits per heavy atom. The molecule has 2 heterocycles. The normalized spacial score (nSPS) is 16.4. The number of carbonyl (C=O) groups excluding carboxylic acids is 1. The largest absolute Gasteiger partial charge is 0.371 e. The maximum Gasteiger partial charge on any atom is 0.269 e. The van der Waals surface area contributed by atoms with Crippen molar-refractivity contribution in [3.8, 4) is 5.69 Å². The fourth-order valence-electron chi connectivity index (χ4n) is 3.57. The van der Waals surface area contributed by atoms with Gasteiger partial charge in [-0.2, -0.15) is 0 Å². The molecule has 1 atom stereocenters. The quantitative estimate of drug-likeness (QED) is 0.664. The van der Waals surface area contributed by atoms with Gasteiger partial charge in [0.05, 0.1) is 0 Å². The van der Waals surface area contributed by atoms with E-state index in [0.29, 0.717) is 22.9 Å². The van der Waals surface area contributed by atoms with E-state index in [2.05, 4.69) is 39.5 Å². The van der Waals surface area contributed by atoms with Crippen molar-refractivity contribution in [1.29, 1.82) is 0 Å². The molecule has 0 bridgehead atoms. The standard InChI is InChI=1S/C21H22N4OS/c26-20(19-14-23-21(27)25(19)18-9-5-2-6-10-18)22-13-16-11-12-24(15-16)17-7-3-1-4-8-17/h1-10,14,16H,11-13,15H2,(H,22,26)(H,23,27). The van der Waals surface area contributed by atoms with Crippen LogP contribution in [0.2, 0.25) is 0 Å². The number of H-pyrrole nitrogens is 1. The maximum atomic E-state index is 12.7. The summed E-state index contributed by atoms with van der Waals surface area (Å²) in [4.78, 5) is 18.1. The van der Waals surface area contributed by atoms with Gasteiger partial charge in [-0.15, -0.1) is 0 Å². The van der Waals surface area contributed by atoms with Crippen LogP contribution in [0.4, 0.5) is 5.69 Å². The van der Waals surface area contributed by atoms with Crippen LogP contribution >= 0.6 is 12.2 Å². The zero-order valence-corrected chi connectivity index (χ0v) is 15.8. The van der Waals surface area contributed by atoms with Gasteiger partial charge in [0.25, 0.3) is 5.91 Å². The molecule has 1 unspecified atom stereocenters. The number of nitrogens with zero attached hydrogens (tertiary/aromatic N) is 2. The first-order chi connectivity index (χ1) is 13.2. The summed E-state index contributed by atoms with van der Waals surface area (Å²) in [5, 5.41) is 3.08. The number of carbonyl (C=O) groups is 1. The Morgan fingerprint density at radius 3 is 2.44 bits per heavy atom. The highest BCUT2D eigenvalue weighted by Crippen LogP contribution is 2.23. The van der Waals surface area contributed by atoms with E-state index in [0.717, 1.165) is 25.2 Å². The molecular formula is C21H22N4OS. The van der Waals surface area contributed by atoms with E-state index in [9.17, 15) is 4.79 Å². The van der Waals surface area contributed by atoms with Crippen LogP contribution in [0.3, 0.4) is 0 Å². The van der Waals surface area contributed by atoms with E-state index < -0.39 is 0 Å². The van der Waals surface area contributed by atoms with Crippen LogP contribution in [-0.2, 0) is 0 Å². The van der Waals surface area contributed by atoms with E-state index in [-0.39, 0.29) is 5.91 Å². The molecular weight excluding hydrogens is 356 g/mol. The van der Waals surface area contributed by atoms with Crippen molar-refractivity contribution < 1.29 is 4.79 Å². The van der Waals surface area contributed by atoms with Crippen LogP contribution in [0.15, 0.2) is 66.9 Å². The SMILES string of the molecule is O=C(NCC1CCN(c2ccccc2)C1)c1c[nH]c(=S)n1-c1ccccc1. The van der Waals surface area contributed by atoms with Crippen molar-refractivity contribution in [2.45, 2.75) is 6.42 Å². The smallest absolute Gasteiger partial charge is 0.269 e. The Kier molecular flexibility index (Phi) is 5.07. The maximum absolute atomic E-state index is 12.7. The topological polar surface area (TPSA) is 53.1 Å². The van der Waals surface area contributed by atoms with Crippen LogP contribution in [0.25, 0.3) is 5.69 Å². The van der Waals surface area contributed by atoms with Gasteiger partial charge in [0.2, 0.25) is 0 Å². The molecule has 0 saturated carbocycles. The van der Waals surface area contributed by atoms with Gasteiger partial charge in [-0.3, -0.25) is 9.36 Å². The number of aromatic nitrogens is 2. The zero-order valence-electron chi connectivity index (χ0n) is 15.0. The number of imidazole rings is 1. The molecule has 1 saturated heterocycles. The molecule has 1 aromatic heterocycles. The van der Waals surface area contributed by atoms with Gasteiger partial charge in [-0.05, 0) is 48.8 Å². The fraction of sp³-hybridized carbons (Fsp3) is 0.238. The van der Waals surface area contributed by atoms with E-state index >= 15 is 0 Å². The van der Waals surface area contributed by atoms with Gasteiger partial charge in [0, 0.05) is 37.2 Å². The minimum Gasteiger partial charge on any atom is -0.371 e. The highest BCUT2D eigenvalue weighted by Gasteiger charge is 2.24. The van der Waals surface area contributed by atoms with Crippen LogP contribution in [0.1, 0.15) is 16.9 Å². The fourth-order valence-corrected chi connectivity index (χ4v) is 3.83. The van der Waals surface area contributed by atoms with Crippen molar-refractivity contribution in [3.05, 3.63) is 77.3 Å². The molecule has 1 fully saturated rings. The summed E-state index contributed by atoms with van der Waals surface area (Å²) >= 11 is 5.36. The van der Waals surface area contributed by atoms with Gasteiger partial charge in [0.1, 0.15) is 5.69 Å². The predicted octanol–water partition coefficient (Wildman–Crippen LogP) is 3.79. The zero-order chi connectivity index (χ0) is 18.6. The Labute approximate surface area is 163 Å². The lowest BCUT2D eigenvalue weighted by molar-refractivity contribution is 0.0941. The molecule has 0 spiro atoms. The van der Waals surface area contributed by atoms with Crippen LogP contribution in [0, 0.1) is 10.7 Å². The third kappa shape index (κ3) is 3.80.